The number of hydrogen-bond donors (Lipinski definition) is 2. The summed E-state index contributed by atoms with van der Waals surface area (Å²) in [4.78, 5) is -0.197. The molecular weight excluding hydrogens is 378 g/mol. The zero-order valence-corrected chi connectivity index (χ0v) is 14.0. The quantitative estimate of drug-likeness (QED) is 0.753. The molecule has 0 spiro atoms. The van der Waals surface area contributed by atoms with Crippen molar-refractivity contribution in [2.75, 3.05) is 10.5 Å². The van der Waals surface area contributed by atoms with E-state index in [1.165, 1.54) is 30.3 Å². The number of nitrogens with one attached hydrogen (secondary N) is 1. The number of nitrogen functional groups attached to an aromatic ring is 1. The smallest absolute Gasteiger partial charge is 0.263 e. The molecule has 3 N–H and O–H groups in total. The first-order valence-corrected chi connectivity index (χ1v) is 8.43. The second-order valence-corrected chi connectivity index (χ2v) is 7.28. The third-order valence-electron chi connectivity index (χ3n) is 2.56. The van der Waals surface area contributed by atoms with Gasteiger partial charge in [-0.1, -0.05) is 46.4 Å². The number of halogens is 4. The highest BCUT2D eigenvalue weighted by atomic mass is 35.5. The van der Waals surface area contributed by atoms with Crippen molar-refractivity contribution in [2.45, 2.75) is 4.90 Å². The van der Waals surface area contributed by atoms with E-state index in [1.54, 1.807) is 0 Å². The van der Waals surface area contributed by atoms with Gasteiger partial charge in [0.05, 0.1) is 26.4 Å². The molecule has 2 aromatic carbocycles. The van der Waals surface area contributed by atoms with E-state index in [1.807, 2.05) is 0 Å². The molecule has 0 aliphatic carbocycles. The van der Waals surface area contributed by atoms with Crippen LogP contribution < -0.4 is 10.5 Å². The lowest BCUT2D eigenvalue weighted by atomic mass is 10.3. The minimum absolute atomic E-state index is 0.0107. The van der Waals surface area contributed by atoms with E-state index in [0.29, 0.717) is 5.02 Å². The number of rotatable bonds is 3. The Bertz CT molecular complexity index is 809. The molecule has 2 rings (SSSR count). The molecule has 0 aliphatic heterocycles. The summed E-state index contributed by atoms with van der Waals surface area (Å²) >= 11 is 23.4. The molecule has 0 radical (unpaired) electrons. The number of anilines is 2. The molecule has 0 aromatic heterocycles. The first kappa shape index (κ1) is 16.5. The van der Waals surface area contributed by atoms with Crippen LogP contribution in [0.5, 0.6) is 0 Å². The van der Waals surface area contributed by atoms with E-state index in [-0.39, 0.29) is 31.3 Å². The minimum Gasteiger partial charge on any atom is -0.396 e. The van der Waals surface area contributed by atoms with Crippen molar-refractivity contribution in [3.05, 3.63) is 50.4 Å². The maximum atomic E-state index is 12.3. The lowest BCUT2D eigenvalue weighted by Gasteiger charge is -2.12. The van der Waals surface area contributed by atoms with Gasteiger partial charge in [-0.25, -0.2) is 8.42 Å². The van der Waals surface area contributed by atoms with Crippen LogP contribution in [0, 0.1) is 0 Å². The number of benzene rings is 2. The number of nitrogens with two attached hydrogens (primary N) is 1. The van der Waals surface area contributed by atoms with Crippen LogP contribution in [0.2, 0.25) is 20.1 Å². The first-order chi connectivity index (χ1) is 9.72. The molecular formula is C12H8Cl4N2O2S. The third-order valence-corrected chi connectivity index (χ3v) is 5.36. The first-order valence-electron chi connectivity index (χ1n) is 5.43. The van der Waals surface area contributed by atoms with Crippen LogP contribution in [-0.2, 0) is 10.0 Å². The maximum absolute atomic E-state index is 12.3. The Balaban J connectivity index is 2.46. The summed E-state index contributed by atoms with van der Waals surface area (Å²) in [5, 5.41) is 0.560. The molecule has 4 nitrogen and oxygen atoms in total. The molecule has 0 saturated heterocycles. The van der Waals surface area contributed by atoms with Crippen LogP contribution in [0.3, 0.4) is 0 Å². The molecule has 0 bridgehead atoms. The van der Waals surface area contributed by atoms with Crippen molar-refractivity contribution >= 4 is 67.8 Å². The van der Waals surface area contributed by atoms with E-state index >= 15 is 0 Å². The average Bonchev–Trinajstić information content (AvgIpc) is 2.39. The van der Waals surface area contributed by atoms with Gasteiger partial charge < -0.3 is 5.73 Å². The molecule has 2 aromatic rings. The second-order valence-electron chi connectivity index (χ2n) is 4.00. The van der Waals surface area contributed by atoms with E-state index in [2.05, 4.69) is 4.72 Å². The summed E-state index contributed by atoms with van der Waals surface area (Å²) in [6.45, 7) is 0. The van der Waals surface area contributed by atoms with E-state index in [0.717, 1.165) is 0 Å². The predicted octanol–water partition coefficient (Wildman–Crippen LogP) is 4.68. The Morgan fingerprint density at radius 3 is 2.24 bits per heavy atom. The van der Waals surface area contributed by atoms with Gasteiger partial charge in [-0.2, -0.15) is 0 Å². The fourth-order valence-electron chi connectivity index (χ4n) is 1.53. The van der Waals surface area contributed by atoms with Crippen LogP contribution in [0.15, 0.2) is 35.2 Å². The van der Waals surface area contributed by atoms with Gasteiger partial charge in [0.25, 0.3) is 10.0 Å². The van der Waals surface area contributed by atoms with Gasteiger partial charge in [-0.15, -0.1) is 0 Å². The fraction of sp³-hybridized carbons (Fsp3) is 0. The van der Waals surface area contributed by atoms with Gasteiger partial charge in [-0.3, -0.25) is 4.72 Å². The molecule has 0 saturated carbocycles. The summed E-state index contributed by atoms with van der Waals surface area (Å²) in [5.74, 6) is 0. The van der Waals surface area contributed by atoms with Gasteiger partial charge >= 0.3 is 0 Å². The van der Waals surface area contributed by atoms with Gasteiger partial charge in [0.15, 0.2) is 0 Å². The topological polar surface area (TPSA) is 72.2 Å². The van der Waals surface area contributed by atoms with Gasteiger partial charge in [-0.05, 0) is 30.3 Å². The van der Waals surface area contributed by atoms with Crippen molar-refractivity contribution in [3.63, 3.8) is 0 Å². The zero-order valence-electron chi connectivity index (χ0n) is 10.2. The van der Waals surface area contributed by atoms with Crippen LogP contribution in [0.1, 0.15) is 0 Å². The van der Waals surface area contributed by atoms with Crippen molar-refractivity contribution in [1.29, 1.82) is 0 Å². The van der Waals surface area contributed by atoms with Gasteiger partial charge in [0.1, 0.15) is 4.90 Å². The van der Waals surface area contributed by atoms with Crippen LogP contribution >= 0.6 is 46.4 Å². The Kier molecular flexibility index (Phi) is 4.80. The summed E-state index contributed by atoms with van der Waals surface area (Å²) in [7, 11) is -3.97. The molecule has 112 valence electrons. The highest BCUT2D eigenvalue weighted by Gasteiger charge is 2.21. The Labute approximate surface area is 141 Å². The van der Waals surface area contributed by atoms with Crippen molar-refractivity contribution in [1.82, 2.24) is 0 Å². The molecule has 21 heavy (non-hydrogen) atoms. The SMILES string of the molecule is Nc1c(Cl)ccc(S(=O)(=O)Nc2ccc(Cl)cc2Cl)c1Cl. The highest BCUT2D eigenvalue weighted by molar-refractivity contribution is 7.92. The zero-order chi connectivity index (χ0) is 15.8. The molecule has 0 unspecified atom stereocenters. The highest BCUT2D eigenvalue weighted by Crippen LogP contribution is 2.35. The minimum atomic E-state index is -3.97. The molecule has 0 fully saturated rings. The predicted molar refractivity (Wildman–Crippen MR) is 88.1 cm³/mol. The normalized spacial score (nSPS) is 11.4. The fourth-order valence-corrected chi connectivity index (χ4v) is 3.89. The lowest BCUT2D eigenvalue weighted by molar-refractivity contribution is 0.601. The molecule has 9 heteroatoms. The average molecular weight is 386 g/mol. The van der Waals surface area contributed by atoms with Crippen LogP contribution in [-0.4, -0.2) is 8.42 Å². The molecule has 0 aliphatic rings. The standard InChI is InChI=1S/C12H8Cl4N2O2S/c13-6-1-3-9(8(15)5-6)18-21(19,20)10-4-2-7(14)12(17)11(10)16/h1-5,18H,17H2. The Hall–Kier alpha value is -0.850. The van der Waals surface area contributed by atoms with Crippen LogP contribution in [0.4, 0.5) is 11.4 Å². The van der Waals surface area contributed by atoms with E-state index in [9.17, 15) is 8.42 Å². The Morgan fingerprint density at radius 2 is 1.62 bits per heavy atom. The summed E-state index contributed by atoms with van der Waals surface area (Å²) in [6.07, 6.45) is 0. The van der Waals surface area contributed by atoms with E-state index < -0.39 is 10.0 Å². The summed E-state index contributed by atoms with van der Waals surface area (Å²) in [6, 6.07) is 6.96. The van der Waals surface area contributed by atoms with Crippen molar-refractivity contribution in [3.8, 4) is 0 Å². The van der Waals surface area contributed by atoms with Crippen molar-refractivity contribution in [2.24, 2.45) is 0 Å². The van der Waals surface area contributed by atoms with Gasteiger partial charge in [0, 0.05) is 5.02 Å². The largest absolute Gasteiger partial charge is 0.396 e. The second kappa shape index (κ2) is 6.10. The van der Waals surface area contributed by atoms with Crippen molar-refractivity contribution < 1.29 is 8.42 Å². The lowest BCUT2D eigenvalue weighted by Crippen LogP contribution is -2.14. The summed E-state index contributed by atoms with van der Waals surface area (Å²) < 4.78 is 27.0. The Morgan fingerprint density at radius 1 is 0.952 bits per heavy atom. The summed E-state index contributed by atoms with van der Waals surface area (Å²) in [5.41, 5.74) is 5.78. The third kappa shape index (κ3) is 3.49. The van der Waals surface area contributed by atoms with Gasteiger partial charge in [0.2, 0.25) is 0 Å². The number of sulfonamides is 1. The molecule has 0 amide bonds. The molecule has 0 atom stereocenters. The number of hydrogen-bond acceptors (Lipinski definition) is 3. The van der Waals surface area contributed by atoms with E-state index in [4.69, 9.17) is 52.1 Å². The van der Waals surface area contributed by atoms with Crippen LogP contribution in [0.25, 0.3) is 0 Å². The maximum Gasteiger partial charge on any atom is 0.263 e. The molecule has 0 heterocycles. The monoisotopic (exact) mass is 384 g/mol.